The van der Waals surface area contributed by atoms with Gasteiger partial charge in [0.15, 0.2) is 5.11 Å². The van der Waals surface area contributed by atoms with Crippen LogP contribution >= 0.6 is 23.6 Å². The summed E-state index contributed by atoms with van der Waals surface area (Å²) in [5.41, 5.74) is 1.48. The number of nitrogens with one attached hydrogen (secondary N) is 2. The van der Waals surface area contributed by atoms with Gasteiger partial charge in [-0.1, -0.05) is 0 Å². The Labute approximate surface area is 191 Å². The molecule has 2 aromatic rings. The lowest BCUT2D eigenvalue weighted by Crippen LogP contribution is -2.30. The molecule has 0 unspecified atom stereocenters. The average molecular weight is 466 g/mol. The number of nitrogens with zero attached hydrogens (tertiary/aromatic N) is 1. The van der Waals surface area contributed by atoms with E-state index in [0.29, 0.717) is 45.7 Å². The topological polar surface area (TPSA) is 89.1 Å². The van der Waals surface area contributed by atoms with Crippen LogP contribution < -0.4 is 20.1 Å². The number of esters is 1. The second-order valence-corrected chi connectivity index (χ2v) is 7.84. The van der Waals surface area contributed by atoms with Crippen LogP contribution in [0.2, 0.25) is 0 Å². The lowest BCUT2D eigenvalue weighted by molar-refractivity contribution is 0.0601. The molecule has 2 N–H and O–H groups in total. The lowest BCUT2D eigenvalue weighted by Gasteiger charge is -2.18. The maximum atomic E-state index is 12.9. The number of thiocarbonyl (C=S) groups is 1. The van der Waals surface area contributed by atoms with Crippen molar-refractivity contribution in [3.05, 3.63) is 34.2 Å². The van der Waals surface area contributed by atoms with Gasteiger partial charge < -0.3 is 29.7 Å². The second-order valence-electron chi connectivity index (χ2n) is 6.41. The zero-order valence-corrected chi connectivity index (χ0v) is 20.1. The standard InChI is InChI=1S/C21H27N3O5S2/c1-7-24(8-2)19(25)17-12(3)16(20(26)29-6)18(31-17)23-21(30)22-13-9-14(27-4)11-15(10-13)28-5/h9-11H,7-8H2,1-6H3,(H2,22,23,30). The molecule has 0 saturated heterocycles. The van der Waals surface area contributed by atoms with Crippen molar-refractivity contribution in [1.82, 2.24) is 4.90 Å². The molecule has 0 fully saturated rings. The highest BCUT2D eigenvalue weighted by Gasteiger charge is 2.27. The Morgan fingerprint density at radius 2 is 1.61 bits per heavy atom. The molecule has 168 valence electrons. The predicted molar refractivity (Wildman–Crippen MR) is 127 cm³/mol. The van der Waals surface area contributed by atoms with Crippen LogP contribution in [0.1, 0.15) is 39.4 Å². The smallest absolute Gasteiger partial charge is 0.341 e. The number of thiophene rings is 1. The van der Waals surface area contributed by atoms with E-state index in [1.54, 1.807) is 44.2 Å². The molecule has 0 saturated carbocycles. The highest BCUT2D eigenvalue weighted by molar-refractivity contribution is 7.80. The fourth-order valence-electron chi connectivity index (χ4n) is 2.95. The first-order valence-electron chi connectivity index (χ1n) is 9.61. The summed E-state index contributed by atoms with van der Waals surface area (Å²) in [6.07, 6.45) is 0. The molecule has 0 bridgehead atoms. The van der Waals surface area contributed by atoms with Gasteiger partial charge in [-0.25, -0.2) is 4.79 Å². The van der Waals surface area contributed by atoms with Crippen molar-refractivity contribution in [1.29, 1.82) is 0 Å². The van der Waals surface area contributed by atoms with E-state index in [4.69, 9.17) is 26.4 Å². The van der Waals surface area contributed by atoms with E-state index < -0.39 is 5.97 Å². The van der Waals surface area contributed by atoms with Crippen LogP contribution in [0.25, 0.3) is 0 Å². The monoisotopic (exact) mass is 465 g/mol. The molecule has 31 heavy (non-hydrogen) atoms. The molecule has 1 aromatic carbocycles. The zero-order chi connectivity index (χ0) is 23.1. The molecule has 2 rings (SSSR count). The van der Waals surface area contributed by atoms with Gasteiger partial charge in [0.1, 0.15) is 16.5 Å². The van der Waals surface area contributed by atoms with E-state index in [0.717, 1.165) is 0 Å². The van der Waals surface area contributed by atoms with Gasteiger partial charge in [0.25, 0.3) is 5.91 Å². The summed E-state index contributed by atoms with van der Waals surface area (Å²) in [6, 6.07) is 5.25. The van der Waals surface area contributed by atoms with Crippen molar-refractivity contribution in [3.8, 4) is 11.5 Å². The molecule has 0 aliphatic heterocycles. The summed E-state index contributed by atoms with van der Waals surface area (Å²) < 4.78 is 15.5. The molecule has 1 aromatic heterocycles. The van der Waals surface area contributed by atoms with Crippen LogP contribution in [0.3, 0.4) is 0 Å². The zero-order valence-electron chi connectivity index (χ0n) is 18.5. The molecule has 1 heterocycles. The quantitative estimate of drug-likeness (QED) is 0.444. The Kier molecular flexibility index (Phi) is 8.64. The summed E-state index contributed by atoms with van der Waals surface area (Å²) >= 11 is 6.60. The predicted octanol–water partition coefficient (Wildman–Crippen LogP) is 4.15. The summed E-state index contributed by atoms with van der Waals surface area (Å²) in [4.78, 5) is 27.5. The molecule has 0 aliphatic rings. The first kappa shape index (κ1) is 24.4. The number of benzene rings is 1. The lowest BCUT2D eigenvalue weighted by atomic mass is 10.1. The summed E-state index contributed by atoms with van der Waals surface area (Å²) in [6.45, 7) is 6.69. The SMILES string of the molecule is CCN(CC)C(=O)c1sc(NC(=S)Nc2cc(OC)cc(OC)c2)c(C(=O)OC)c1C. The van der Waals surface area contributed by atoms with E-state index >= 15 is 0 Å². The van der Waals surface area contributed by atoms with Crippen LogP contribution in [0.4, 0.5) is 10.7 Å². The number of carbonyl (C=O) groups excluding carboxylic acids is 2. The molecule has 1 amide bonds. The van der Waals surface area contributed by atoms with Crippen LogP contribution in [0.5, 0.6) is 11.5 Å². The van der Waals surface area contributed by atoms with Crippen molar-refractivity contribution >= 4 is 51.2 Å². The van der Waals surface area contributed by atoms with E-state index in [1.807, 2.05) is 13.8 Å². The first-order chi connectivity index (χ1) is 14.8. The van der Waals surface area contributed by atoms with Crippen molar-refractivity contribution < 1.29 is 23.8 Å². The Morgan fingerprint density at radius 3 is 2.10 bits per heavy atom. The molecule has 0 radical (unpaired) electrons. The number of methoxy groups -OCH3 is 3. The van der Waals surface area contributed by atoms with Gasteiger partial charge >= 0.3 is 5.97 Å². The van der Waals surface area contributed by atoms with Crippen molar-refractivity contribution in [2.45, 2.75) is 20.8 Å². The van der Waals surface area contributed by atoms with E-state index in [-0.39, 0.29) is 16.6 Å². The van der Waals surface area contributed by atoms with Gasteiger partial charge in [0, 0.05) is 37.0 Å². The molecule has 0 atom stereocenters. The fourth-order valence-corrected chi connectivity index (χ4v) is 4.40. The molecular formula is C21H27N3O5S2. The fraction of sp³-hybridized carbons (Fsp3) is 0.381. The first-order valence-corrected chi connectivity index (χ1v) is 10.8. The highest BCUT2D eigenvalue weighted by Crippen LogP contribution is 2.35. The van der Waals surface area contributed by atoms with Gasteiger partial charge in [-0.2, -0.15) is 0 Å². The molecule has 8 nitrogen and oxygen atoms in total. The highest BCUT2D eigenvalue weighted by atomic mass is 32.1. The molecule has 0 aliphatic carbocycles. The minimum atomic E-state index is -0.541. The molecule has 10 heteroatoms. The molecule has 0 spiro atoms. The van der Waals surface area contributed by atoms with Gasteiger partial charge in [-0.05, 0) is 38.6 Å². The minimum Gasteiger partial charge on any atom is -0.497 e. The summed E-state index contributed by atoms with van der Waals surface area (Å²) in [7, 11) is 4.41. The number of rotatable bonds is 8. The van der Waals surface area contributed by atoms with Gasteiger partial charge in [0.05, 0.1) is 31.8 Å². The largest absolute Gasteiger partial charge is 0.497 e. The minimum absolute atomic E-state index is 0.137. The third-order valence-corrected chi connectivity index (χ3v) is 6.02. The van der Waals surface area contributed by atoms with Crippen LogP contribution in [-0.2, 0) is 4.74 Å². The Morgan fingerprint density at radius 1 is 1.03 bits per heavy atom. The average Bonchev–Trinajstić information content (AvgIpc) is 3.08. The Bertz CT molecular complexity index is 948. The third-order valence-electron chi connectivity index (χ3n) is 4.62. The number of carbonyl (C=O) groups is 2. The number of anilines is 2. The summed E-state index contributed by atoms with van der Waals surface area (Å²) in [5.74, 6) is 0.515. The maximum Gasteiger partial charge on any atom is 0.341 e. The summed E-state index contributed by atoms with van der Waals surface area (Å²) in [5, 5.41) is 6.75. The van der Waals surface area contributed by atoms with Crippen LogP contribution in [0, 0.1) is 6.92 Å². The number of hydrogen-bond donors (Lipinski definition) is 2. The van der Waals surface area contributed by atoms with Crippen LogP contribution in [0.15, 0.2) is 18.2 Å². The van der Waals surface area contributed by atoms with E-state index in [2.05, 4.69) is 10.6 Å². The van der Waals surface area contributed by atoms with E-state index in [9.17, 15) is 9.59 Å². The van der Waals surface area contributed by atoms with Gasteiger partial charge in [-0.15, -0.1) is 11.3 Å². The van der Waals surface area contributed by atoms with Crippen LogP contribution in [-0.4, -0.2) is 56.3 Å². The number of amides is 1. The van der Waals surface area contributed by atoms with Gasteiger partial charge in [-0.3, -0.25) is 4.79 Å². The van der Waals surface area contributed by atoms with E-state index in [1.165, 1.54) is 18.4 Å². The Balaban J connectivity index is 2.35. The van der Waals surface area contributed by atoms with Crippen molar-refractivity contribution in [2.24, 2.45) is 0 Å². The maximum absolute atomic E-state index is 12.9. The number of ether oxygens (including phenoxy) is 3. The van der Waals surface area contributed by atoms with Gasteiger partial charge in [0.2, 0.25) is 0 Å². The third kappa shape index (κ3) is 5.65. The molecular weight excluding hydrogens is 438 g/mol. The second kappa shape index (κ2) is 11.0. The van der Waals surface area contributed by atoms with Crippen molar-refractivity contribution in [2.75, 3.05) is 45.1 Å². The Hall–Kier alpha value is -2.85. The normalized spacial score (nSPS) is 10.3. The van der Waals surface area contributed by atoms with Crippen molar-refractivity contribution in [3.63, 3.8) is 0 Å². The number of hydrogen-bond acceptors (Lipinski definition) is 7.